The van der Waals surface area contributed by atoms with Crippen LogP contribution in [-0.2, 0) is 23.8 Å². The van der Waals surface area contributed by atoms with Crippen LogP contribution in [0.15, 0.2) is 42.7 Å². The van der Waals surface area contributed by atoms with Gasteiger partial charge in [-0.1, -0.05) is 23.7 Å². The lowest BCUT2D eigenvalue weighted by Crippen LogP contribution is -2.40. The van der Waals surface area contributed by atoms with Crippen molar-refractivity contribution in [3.63, 3.8) is 0 Å². The van der Waals surface area contributed by atoms with Gasteiger partial charge >= 0.3 is 5.97 Å². The Morgan fingerprint density at radius 3 is 2.78 bits per heavy atom. The minimum atomic E-state index is -1.31. The molecular formula is C22H21ClN6O7. The van der Waals surface area contributed by atoms with Crippen LogP contribution in [0.4, 0.5) is 5.82 Å². The SMILES string of the molecule is Nc1ncnc2c1ncn2[C@@H]1O[C@H](CNC(=O)COC2=C(c3ccc(Cl)cc3)C(=O)OC2)[C@@H](O)[C@H]1O. The van der Waals surface area contributed by atoms with Crippen LogP contribution in [0.5, 0.6) is 0 Å². The molecule has 2 aliphatic heterocycles. The van der Waals surface area contributed by atoms with Gasteiger partial charge in [0.05, 0.1) is 6.33 Å². The van der Waals surface area contributed by atoms with Crippen LogP contribution in [-0.4, -0.2) is 79.7 Å². The molecule has 4 heterocycles. The van der Waals surface area contributed by atoms with Crippen LogP contribution in [0.1, 0.15) is 11.8 Å². The first-order valence-corrected chi connectivity index (χ1v) is 11.2. The van der Waals surface area contributed by atoms with Crippen molar-refractivity contribution >= 4 is 46.0 Å². The quantitative estimate of drug-likeness (QED) is 0.304. The number of anilines is 1. The summed E-state index contributed by atoms with van der Waals surface area (Å²) in [6, 6.07) is 6.56. The van der Waals surface area contributed by atoms with Crippen molar-refractivity contribution in [2.45, 2.75) is 24.5 Å². The number of benzene rings is 1. The van der Waals surface area contributed by atoms with E-state index in [4.69, 9.17) is 31.5 Å². The number of carbonyl (C=O) groups excluding carboxylic acids is 2. The minimum absolute atomic E-state index is 0.102. The Bertz CT molecular complexity index is 1340. The van der Waals surface area contributed by atoms with Gasteiger partial charge in [-0.3, -0.25) is 9.36 Å². The Kier molecular flexibility index (Phi) is 6.45. The lowest BCUT2D eigenvalue weighted by Gasteiger charge is -2.16. The van der Waals surface area contributed by atoms with Gasteiger partial charge in [-0.05, 0) is 17.7 Å². The number of ether oxygens (including phenoxy) is 3. The van der Waals surface area contributed by atoms with E-state index in [0.717, 1.165) is 0 Å². The van der Waals surface area contributed by atoms with E-state index in [0.29, 0.717) is 21.7 Å². The smallest absolute Gasteiger partial charge is 0.342 e. The number of nitrogen functional groups attached to an aromatic ring is 1. The van der Waals surface area contributed by atoms with Crippen LogP contribution in [0.25, 0.3) is 16.7 Å². The largest absolute Gasteiger partial charge is 0.484 e. The molecule has 4 atom stereocenters. The summed E-state index contributed by atoms with van der Waals surface area (Å²) >= 11 is 5.90. The first-order valence-electron chi connectivity index (χ1n) is 10.8. The van der Waals surface area contributed by atoms with Gasteiger partial charge in [-0.2, -0.15) is 0 Å². The summed E-state index contributed by atoms with van der Waals surface area (Å²) < 4.78 is 17.8. The molecule has 188 valence electrons. The van der Waals surface area contributed by atoms with Gasteiger partial charge in [0.2, 0.25) is 0 Å². The number of hydrogen-bond acceptors (Lipinski definition) is 11. The number of nitrogens with zero attached hydrogens (tertiary/aromatic N) is 4. The standard InChI is InChI=1S/C22H21ClN6O7/c23-11-3-1-10(2-4-11)15-13(6-35-22(15)33)34-7-14(30)25-5-12-17(31)18(32)21(36-12)29-9-28-16-19(24)26-8-27-20(16)29/h1-4,8-9,12,17-18,21,31-32H,5-7H2,(H,25,30)(H2,24,26,27)/t12-,17-,18-,21-/m1/s1. The molecule has 1 aromatic carbocycles. The maximum absolute atomic E-state index is 12.4. The molecule has 1 saturated heterocycles. The molecule has 2 aromatic heterocycles. The molecule has 0 bridgehead atoms. The van der Waals surface area contributed by atoms with Crippen LogP contribution in [0.2, 0.25) is 5.02 Å². The van der Waals surface area contributed by atoms with Crippen molar-refractivity contribution in [1.82, 2.24) is 24.8 Å². The molecule has 0 unspecified atom stereocenters. The molecule has 0 saturated carbocycles. The summed E-state index contributed by atoms with van der Waals surface area (Å²) in [6.07, 6.45) is -1.92. The molecule has 1 amide bonds. The van der Waals surface area contributed by atoms with E-state index < -0.39 is 43.0 Å². The zero-order valence-electron chi connectivity index (χ0n) is 18.6. The second-order valence-electron chi connectivity index (χ2n) is 8.10. The Hall–Kier alpha value is -3.78. The highest BCUT2D eigenvalue weighted by molar-refractivity contribution is 6.30. The average molecular weight is 517 g/mol. The molecule has 0 aliphatic carbocycles. The van der Waals surface area contributed by atoms with Gasteiger partial charge in [0.1, 0.15) is 48.1 Å². The maximum atomic E-state index is 12.4. The van der Waals surface area contributed by atoms with Gasteiger partial charge in [0.15, 0.2) is 24.3 Å². The molecule has 5 N–H and O–H groups in total. The number of nitrogens with two attached hydrogens (primary N) is 1. The molecule has 2 aliphatic rings. The molecule has 13 nitrogen and oxygen atoms in total. The molecule has 0 spiro atoms. The van der Waals surface area contributed by atoms with Crippen molar-refractivity contribution in [3.8, 4) is 0 Å². The van der Waals surface area contributed by atoms with E-state index in [2.05, 4.69) is 20.3 Å². The number of aromatic nitrogens is 4. The highest BCUT2D eigenvalue weighted by Gasteiger charge is 2.44. The lowest BCUT2D eigenvalue weighted by atomic mass is 10.1. The maximum Gasteiger partial charge on any atom is 0.342 e. The highest BCUT2D eigenvalue weighted by atomic mass is 35.5. The fourth-order valence-electron chi connectivity index (χ4n) is 4.00. The summed E-state index contributed by atoms with van der Waals surface area (Å²) in [7, 11) is 0. The second-order valence-corrected chi connectivity index (χ2v) is 8.54. The van der Waals surface area contributed by atoms with Gasteiger partial charge in [-0.25, -0.2) is 19.7 Å². The van der Waals surface area contributed by atoms with E-state index >= 15 is 0 Å². The molecule has 14 heteroatoms. The molecular weight excluding hydrogens is 496 g/mol. The van der Waals surface area contributed by atoms with E-state index in [1.807, 2.05) is 0 Å². The highest BCUT2D eigenvalue weighted by Crippen LogP contribution is 2.32. The average Bonchev–Trinajstić information content (AvgIpc) is 3.54. The number of amides is 1. The summed E-state index contributed by atoms with van der Waals surface area (Å²) in [4.78, 5) is 36.6. The Morgan fingerprint density at radius 2 is 2.00 bits per heavy atom. The number of imidazole rings is 1. The Morgan fingerprint density at radius 1 is 1.22 bits per heavy atom. The topological polar surface area (TPSA) is 184 Å². The van der Waals surface area contributed by atoms with E-state index in [9.17, 15) is 19.8 Å². The summed E-state index contributed by atoms with van der Waals surface area (Å²) in [5, 5.41) is 24.1. The fourth-order valence-corrected chi connectivity index (χ4v) is 4.13. The number of nitrogens with one attached hydrogen (secondary N) is 1. The monoisotopic (exact) mass is 516 g/mol. The van der Waals surface area contributed by atoms with Crippen LogP contribution < -0.4 is 11.1 Å². The van der Waals surface area contributed by atoms with Crippen LogP contribution >= 0.6 is 11.6 Å². The van der Waals surface area contributed by atoms with E-state index in [1.165, 1.54) is 17.2 Å². The summed E-state index contributed by atoms with van der Waals surface area (Å²) in [5.41, 5.74) is 7.23. The van der Waals surface area contributed by atoms with Crippen molar-refractivity contribution in [2.75, 3.05) is 25.5 Å². The third-order valence-electron chi connectivity index (χ3n) is 5.83. The first-order chi connectivity index (χ1) is 17.3. The molecule has 36 heavy (non-hydrogen) atoms. The zero-order chi connectivity index (χ0) is 25.4. The van der Waals surface area contributed by atoms with Crippen molar-refractivity contribution in [1.29, 1.82) is 0 Å². The predicted octanol–water partition coefficient (Wildman–Crippen LogP) is -0.218. The molecule has 5 rings (SSSR count). The zero-order valence-corrected chi connectivity index (χ0v) is 19.3. The number of esters is 1. The summed E-state index contributed by atoms with van der Waals surface area (Å²) in [6.45, 7) is -0.616. The predicted molar refractivity (Wildman–Crippen MR) is 124 cm³/mol. The third kappa shape index (κ3) is 4.44. The number of cyclic esters (lactones) is 1. The second kappa shape index (κ2) is 9.70. The summed E-state index contributed by atoms with van der Waals surface area (Å²) in [5.74, 6) is -0.702. The molecule has 3 aromatic rings. The van der Waals surface area contributed by atoms with E-state index in [-0.39, 0.29) is 30.3 Å². The van der Waals surface area contributed by atoms with Gasteiger partial charge in [0.25, 0.3) is 5.91 Å². The molecule has 0 radical (unpaired) electrons. The lowest BCUT2D eigenvalue weighted by molar-refractivity contribution is -0.134. The Balaban J connectivity index is 1.20. The number of halogens is 1. The van der Waals surface area contributed by atoms with Crippen LogP contribution in [0.3, 0.4) is 0 Å². The minimum Gasteiger partial charge on any atom is -0.484 e. The molecule has 1 fully saturated rings. The number of aliphatic hydroxyl groups excluding tert-OH is 2. The third-order valence-corrected chi connectivity index (χ3v) is 6.08. The van der Waals surface area contributed by atoms with Crippen LogP contribution in [0, 0.1) is 0 Å². The number of rotatable bonds is 7. The normalized spacial score (nSPS) is 23.8. The van der Waals surface area contributed by atoms with Crippen molar-refractivity contribution < 1.29 is 34.0 Å². The van der Waals surface area contributed by atoms with Gasteiger partial charge in [0, 0.05) is 11.6 Å². The number of carbonyl (C=O) groups is 2. The first kappa shape index (κ1) is 23.9. The number of aliphatic hydroxyl groups is 2. The van der Waals surface area contributed by atoms with Gasteiger partial charge < -0.3 is 35.5 Å². The number of fused-ring (bicyclic) bond motifs is 1. The fraction of sp³-hybridized carbons (Fsp3) is 0.318. The van der Waals surface area contributed by atoms with E-state index in [1.54, 1.807) is 24.3 Å². The van der Waals surface area contributed by atoms with Crippen molar-refractivity contribution in [2.24, 2.45) is 0 Å². The van der Waals surface area contributed by atoms with Crippen molar-refractivity contribution in [3.05, 3.63) is 53.3 Å². The van der Waals surface area contributed by atoms with Gasteiger partial charge in [-0.15, -0.1) is 0 Å². The number of hydrogen-bond donors (Lipinski definition) is 4. The Labute approximate surface area is 208 Å².